The highest BCUT2D eigenvalue weighted by Crippen LogP contribution is 2.30. The van der Waals surface area contributed by atoms with Crippen LogP contribution < -0.4 is 10.2 Å². The molecule has 3 heterocycles. The third-order valence-electron chi connectivity index (χ3n) is 3.40. The third kappa shape index (κ3) is 1.42. The normalized spacial score (nSPS) is 27.8. The topological polar surface area (TPSA) is 64.8 Å². The predicted octanol–water partition coefficient (Wildman–Crippen LogP) is 0.289. The van der Waals surface area contributed by atoms with Crippen molar-refractivity contribution in [2.24, 2.45) is 0 Å². The first kappa shape index (κ1) is 9.55. The van der Waals surface area contributed by atoms with Gasteiger partial charge < -0.3 is 10.2 Å². The van der Waals surface area contributed by atoms with Crippen LogP contribution in [0.4, 0.5) is 5.82 Å². The van der Waals surface area contributed by atoms with Crippen LogP contribution in [0.15, 0.2) is 12.4 Å². The van der Waals surface area contributed by atoms with Gasteiger partial charge in [-0.15, -0.1) is 0 Å². The van der Waals surface area contributed by atoms with Crippen molar-refractivity contribution in [1.29, 1.82) is 5.26 Å². The van der Waals surface area contributed by atoms with Crippen LogP contribution in [0.5, 0.6) is 0 Å². The van der Waals surface area contributed by atoms with Gasteiger partial charge in [0, 0.05) is 25.2 Å². The minimum Gasteiger partial charge on any atom is -0.347 e. The maximum Gasteiger partial charge on any atom is 0.158 e. The number of nitrogens with one attached hydrogen (secondary N) is 1. The molecule has 1 aromatic rings. The second-order valence-corrected chi connectivity index (χ2v) is 4.32. The molecule has 2 aliphatic rings. The number of piperazine rings is 1. The fourth-order valence-corrected chi connectivity index (χ4v) is 2.66. The second-order valence-electron chi connectivity index (χ2n) is 4.32. The molecule has 0 spiro atoms. The van der Waals surface area contributed by atoms with Crippen LogP contribution in [0.3, 0.4) is 0 Å². The van der Waals surface area contributed by atoms with Crippen molar-refractivity contribution in [3.63, 3.8) is 0 Å². The number of hydrogen-bond donors (Lipinski definition) is 1. The molecule has 2 saturated heterocycles. The summed E-state index contributed by atoms with van der Waals surface area (Å²) in [6, 6.07) is 3.08. The fraction of sp³-hybridized carbons (Fsp3) is 0.545. The Morgan fingerprint density at radius 2 is 2.00 bits per heavy atom. The quantitative estimate of drug-likeness (QED) is 0.729. The minimum atomic E-state index is 0.381. The fourth-order valence-electron chi connectivity index (χ4n) is 2.66. The number of nitrogens with zero attached hydrogens (tertiary/aromatic N) is 4. The minimum absolute atomic E-state index is 0.381. The highest BCUT2D eigenvalue weighted by Gasteiger charge is 2.37. The summed E-state index contributed by atoms with van der Waals surface area (Å²) in [5.74, 6) is 0.910. The van der Waals surface area contributed by atoms with E-state index < -0.39 is 0 Å². The summed E-state index contributed by atoms with van der Waals surface area (Å²) < 4.78 is 0. The maximum atomic E-state index is 8.68. The molecule has 1 N–H and O–H groups in total. The van der Waals surface area contributed by atoms with E-state index in [0.29, 0.717) is 17.8 Å². The van der Waals surface area contributed by atoms with E-state index in [1.165, 1.54) is 12.8 Å². The summed E-state index contributed by atoms with van der Waals surface area (Å²) in [4.78, 5) is 10.8. The molecular weight excluding hydrogens is 202 g/mol. The number of anilines is 1. The highest BCUT2D eigenvalue weighted by atomic mass is 15.3. The lowest BCUT2D eigenvalue weighted by atomic mass is 10.2. The molecule has 0 radical (unpaired) electrons. The zero-order valence-electron chi connectivity index (χ0n) is 8.93. The Kier molecular flexibility index (Phi) is 2.22. The van der Waals surface area contributed by atoms with Gasteiger partial charge >= 0.3 is 0 Å². The van der Waals surface area contributed by atoms with Crippen molar-refractivity contribution in [3.05, 3.63) is 18.1 Å². The number of nitriles is 1. The number of aromatic nitrogens is 2. The van der Waals surface area contributed by atoms with E-state index in [0.717, 1.165) is 18.9 Å². The lowest BCUT2D eigenvalue weighted by molar-refractivity contribution is 0.480. The highest BCUT2D eigenvalue weighted by molar-refractivity contribution is 5.43. The molecule has 0 amide bonds. The van der Waals surface area contributed by atoms with Crippen molar-refractivity contribution in [3.8, 4) is 6.07 Å². The van der Waals surface area contributed by atoms with Crippen LogP contribution in [0.1, 0.15) is 18.5 Å². The van der Waals surface area contributed by atoms with Gasteiger partial charge in [0.05, 0.1) is 12.4 Å². The molecule has 0 aliphatic carbocycles. The Morgan fingerprint density at radius 3 is 2.56 bits per heavy atom. The number of rotatable bonds is 1. The van der Waals surface area contributed by atoms with Crippen LogP contribution >= 0.6 is 0 Å². The first-order valence-electron chi connectivity index (χ1n) is 5.59. The van der Waals surface area contributed by atoms with Gasteiger partial charge in [-0.05, 0) is 12.8 Å². The molecule has 5 heteroatoms. The Balaban J connectivity index is 1.89. The zero-order chi connectivity index (χ0) is 11.0. The van der Waals surface area contributed by atoms with E-state index >= 15 is 0 Å². The van der Waals surface area contributed by atoms with E-state index in [4.69, 9.17) is 5.26 Å². The van der Waals surface area contributed by atoms with E-state index in [1.54, 1.807) is 12.4 Å². The van der Waals surface area contributed by atoms with Crippen molar-refractivity contribution >= 4 is 5.82 Å². The summed E-state index contributed by atoms with van der Waals surface area (Å²) >= 11 is 0. The van der Waals surface area contributed by atoms with Gasteiger partial charge in [0.15, 0.2) is 5.69 Å². The predicted molar refractivity (Wildman–Crippen MR) is 58.9 cm³/mol. The first-order valence-corrected chi connectivity index (χ1v) is 5.59. The van der Waals surface area contributed by atoms with Gasteiger partial charge in [-0.2, -0.15) is 5.26 Å². The Morgan fingerprint density at radius 1 is 1.25 bits per heavy atom. The van der Waals surface area contributed by atoms with Gasteiger partial charge in [0.25, 0.3) is 0 Å². The van der Waals surface area contributed by atoms with Crippen LogP contribution in [0.25, 0.3) is 0 Å². The smallest absolute Gasteiger partial charge is 0.158 e. The van der Waals surface area contributed by atoms with Gasteiger partial charge in [-0.1, -0.05) is 0 Å². The van der Waals surface area contributed by atoms with E-state index in [2.05, 4.69) is 20.2 Å². The molecule has 1 aromatic heterocycles. The van der Waals surface area contributed by atoms with Gasteiger partial charge in [-0.3, -0.25) is 0 Å². The van der Waals surface area contributed by atoms with Crippen molar-refractivity contribution in [2.45, 2.75) is 24.9 Å². The monoisotopic (exact) mass is 215 g/mol. The van der Waals surface area contributed by atoms with Gasteiger partial charge in [0.1, 0.15) is 11.9 Å². The molecule has 3 rings (SSSR count). The van der Waals surface area contributed by atoms with Gasteiger partial charge in [0.2, 0.25) is 0 Å². The van der Waals surface area contributed by atoms with Crippen LogP contribution in [0.2, 0.25) is 0 Å². The third-order valence-corrected chi connectivity index (χ3v) is 3.40. The maximum absolute atomic E-state index is 8.68. The summed E-state index contributed by atoms with van der Waals surface area (Å²) in [7, 11) is 0. The largest absolute Gasteiger partial charge is 0.347 e. The van der Waals surface area contributed by atoms with E-state index in [9.17, 15) is 0 Å². The Labute approximate surface area is 94.1 Å². The first-order chi connectivity index (χ1) is 7.88. The summed E-state index contributed by atoms with van der Waals surface area (Å²) in [6.45, 7) is 2.05. The Hall–Kier alpha value is -1.67. The lowest BCUT2D eigenvalue weighted by Gasteiger charge is -2.35. The van der Waals surface area contributed by atoms with E-state index in [-0.39, 0.29) is 0 Å². The SMILES string of the molecule is N#Cc1cnc(N2C3CCC2CNC3)cn1. The molecule has 0 saturated carbocycles. The number of hydrogen-bond acceptors (Lipinski definition) is 5. The number of fused-ring (bicyclic) bond motifs is 2. The van der Waals surface area contributed by atoms with Crippen LogP contribution in [0, 0.1) is 11.3 Å². The van der Waals surface area contributed by atoms with Gasteiger partial charge in [-0.25, -0.2) is 9.97 Å². The van der Waals surface area contributed by atoms with Crippen molar-refractivity contribution < 1.29 is 0 Å². The summed E-state index contributed by atoms with van der Waals surface area (Å²) in [5, 5.41) is 12.1. The Bertz CT molecular complexity index is 405. The molecule has 2 fully saturated rings. The molecular formula is C11H13N5. The molecule has 16 heavy (non-hydrogen) atoms. The van der Waals surface area contributed by atoms with Crippen molar-refractivity contribution in [2.75, 3.05) is 18.0 Å². The average molecular weight is 215 g/mol. The zero-order valence-corrected chi connectivity index (χ0v) is 8.93. The molecule has 2 aliphatic heterocycles. The molecule has 5 nitrogen and oxygen atoms in total. The molecule has 0 aromatic carbocycles. The second kappa shape index (κ2) is 3.72. The molecule has 2 bridgehead atoms. The van der Waals surface area contributed by atoms with Crippen molar-refractivity contribution in [1.82, 2.24) is 15.3 Å². The average Bonchev–Trinajstić information content (AvgIpc) is 2.59. The standard InChI is InChI=1S/C11H13N5/c12-3-8-4-15-11(7-14-8)16-9-1-2-10(16)6-13-5-9/h4,7,9-10,13H,1-2,5-6H2. The van der Waals surface area contributed by atoms with Crippen LogP contribution in [-0.2, 0) is 0 Å². The summed E-state index contributed by atoms with van der Waals surface area (Å²) in [5.41, 5.74) is 0.381. The van der Waals surface area contributed by atoms with E-state index in [1.807, 2.05) is 6.07 Å². The molecule has 2 atom stereocenters. The van der Waals surface area contributed by atoms with Crippen LogP contribution in [-0.4, -0.2) is 35.1 Å². The lowest BCUT2D eigenvalue weighted by Crippen LogP contribution is -2.52. The molecule has 2 unspecified atom stereocenters. The summed E-state index contributed by atoms with van der Waals surface area (Å²) in [6.07, 6.45) is 5.71. The molecule has 82 valence electrons.